The molecule has 0 amide bonds. The summed E-state index contributed by atoms with van der Waals surface area (Å²) in [5, 5.41) is 4.47. The molecular formula is C17H24ClNO. The molecular weight excluding hydrogens is 270 g/mol. The predicted octanol–water partition coefficient (Wildman–Crippen LogP) is 4.31. The van der Waals surface area contributed by atoms with Crippen molar-refractivity contribution in [1.82, 2.24) is 5.32 Å². The second kappa shape index (κ2) is 6.46. The van der Waals surface area contributed by atoms with Gasteiger partial charge in [0.25, 0.3) is 0 Å². The van der Waals surface area contributed by atoms with E-state index in [1.165, 1.54) is 44.9 Å². The zero-order valence-electron chi connectivity index (χ0n) is 12.0. The third kappa shape index (κ3) is 3.75. The van der Waals surface area contributed by atoms with Crippen molar-refractivity contribution >= 4 is 11.6 Å². The molecule has 0 spiro atoms. The molecule has 1 aromatic rings. The van der Waals surface area contributed by atoms with E-state index in [9.17, 15) is 0 Å². The van der Waals surface area contributed by atoms with E-state index in [1.807, 2.05) is 18.2 Å². The lowest BCUT2D eigenvalue weighted by atomic mass is 9.84. The molecule has 0 bridgehead atoms. The molecule has 0 aromatic heterocycles. The summed E-state index contributed by atoms with van der Waals surface area (Å²) in [7, 11) is 0. The maximum atomic E-state index is 6.37. The van der Waals surface area contributed by atoms with Gasteiger partial charge in [-0.2, -0.15) is 0 Å². The zero-order chi connectivity index (χ0) is 13.8. The van der Waals surface area contributed by atoms with Crippen molar-refractivity contribution in [1.29, 1.82) is 0 Å². The predicted molar refractivity (Wildman–Crippen MR) is 83.1 cm³/mol. The highest BCUT2D eigenvalue weighted by molar-refractivity contribution is 6.31. The van der Waals surface area contributed by atoms with Crippen molar-refractivity contribution in [3.05, 3.63) is 34.9 Å². The summed E-state index contributed by atoms with van der Waals surface area (Å²) in [6.07, 6.45) is 8.94. The van der Waals surface area contributed by atoms with Gasteiger partial charge in [0.1, 0.15) is 0 Å². The number of halogens is 1. The molecule has 1 N–H and O–H groups in total. The first-order valence-electron chi connectivity index (χ1n) is 7.88. The molecule has 110 valence electrons. The van der Waals surface area contributed by atoms with Gasteiger partial charge in [0.2, 0.25) is 0 Å². The minimum atomic E-state index is 0.0278. The van der Waals surface area contributed by atoms with Crippen LogP contribution in [0.2, 0.25) is 5.02 Å². The van der Waals surface area contributed by atoms with Gasteiger partial charge in [0.15, 0.2) is 0 Å². The quantitative estimate of drug-likeness (QED) is 0.844. The first-order valence-corrected chi connectivity index (χ1v) is 8.26. The SMILES string of the molecule is Clc1ccccc1COC1(CNC2CC2)CCCCC1. The molecule has 0 saturated heterocycles. The van der Waals surface area contributed by atoms with Crippen LogP contribution in [-0.4, -0.2) is 18.2 Å². The molecule has 20 heavy (non-hydrogen) atoms. The fourth-order valence-corrected chi connectivity index (χ4v) is 3.22. The van der Waals surface area contributed by atoms with Crippen LogP contribution < -0.4 is 5.32 Å². The van der Waals surface area contributed by atoms with Crippen LogP contribution in [0.3, 0.4) is 0 Å². The van der Waals surface area contributed by atoms with Crippen molar-refractivity contribution in [2.75, 3.05) is 6.54 Å². The molecule has 2 aliphatic rings. The van der Waals surface area contributed by atoms with Gasteiger partial charge in [-0.3, -0.25) is 0 Å². The van der Waals surface area contributed by atoms with E-state index < -0.39 is 0 Å². The largest absolute Gasteiger partial charge is 0.369 e. The standard InChI is InChI=1S/C17H24ClNO/c18-16-7-3-2-6-14(16)12-20-17(10-4-1-5-11-17)13-19-15-8-9-15/h2-3,6-7,15,19H,1,4-5,8-13H2. The summed E-state index contributed by atoms with van der Waals surface area (Å²) in [5.74, 6) is 0. The van der Waals surface area contributed by atoms with Gasteiger partial charge in [-0.15, -0.1) is 0 Å². The van der Waals surface area contributed by atoms with Crippen molar-refractivity contribution in [2.45, 2.75) is 63.2 Å². The fourth-order valence-electron chi connectivity index (χ4n) is 3.03. The molecule has 2 fully saturated rings. The molecule has 1 aromatic carbocycles. The third-order valence-electron chi connectivity index (χ3n) is 4.55. The van der Waals surface area contributed by atoms with E-state index in [0.717, 1.165) is 23.2 Å². The minimum Gasteiger partial charge on any atom is -0.369 e. The van der Waals surface area contributed by atoms with Crippen molar-refractivity contribution in [2.24, 2.45) is 0 Å². The lowest BCUT2D eigenvalue weighted by Crippen LogP contribution is -2.45. The van der Waals surface area contributed by atoms with Crippen LogP contribution in [0.1, 0.15) is 50.5 Å². The van der Waals surface area contributed by atoms with Gasteiger partial charge in [0, 0.05) is 17.6 Å². The molecule has 0 unspecified atom stereocenters. The Bertz CT molecular complexity index is 438. The Morgan fingerprint density at radius 2 is 1.90 bits per heavy atom. The number of rotatable bonds is 6. The van der Waals surface area contributed by atoms with Crippen molar-refractivity contribution < 1.29 is 4.74 Å². The average molecular weight is 294 g/mol. The van der Waals surface area contributed by atoms with Crippen LogP contribution in [0.25, 0.3) is 0 Å². The van der Waals surface area contributed by atoms with Gasteiger partial charge in [-0.1, -0.05) is 49.1 Å². The van der Waals surface area contributed by atoms with Crippen LogP contribution in [0.5, 0.6) is 0 Å². The van der Waals surface area contributed by atoms with E-state index >= 15 is 0 Å². The van der Waals surface area contributed by atoms with Crippen LogP contribution in [0.4, 0.5) is 0 Å². The monoisotopic (exact) mass is 293 g/mol. The molecule has 3 heteroatoms. The Hall–Kier alpha value is -0.570. The molecule has 2 aliphatic carbocycles. The molecule has 0 aliphatic heterocycles. The first-order chi connectivity index (χ1) is 9.77. The second-order valence-electron chi connectivity index (χ2n) is 6.28. The molecule has 2 saturated carbocycles. The fraction of sp³-hybridized carbons (Fsp3) is 0.647. The van der Waals surface area contributed by atoms with E-state index in [1.54, 1.807) is 0 Å². The van der Waals surface area contributed by atoms with Crippen LogP contribution in [0.15, 0.2) is 24.3 Å². The van der Waals surface area contributed by atoms with E-state index in [-0.39, 0.29) is 5.60 Å². The number of ether oxygens (including phenoxy) is 1. The Balaban J connectivity index is 1.61. The molecule has 2 nitrogen and oxygen atoms in total. The normalized spacial score (nSPS) is 21.9. The average Bonchev–Trinajstić information content (AvgIpc) is 3.30. The lowest BCUT2D eigenvalue weighted by Gasteiger charge is -2.37. The van der Waals surface area contributed by atoms with E-state index in [2.05, 4.69) is 11.4 Å². The Morgan fingerprint density at radius 3 is 2.60 bits per heavy atom. The molecule has 3 rings (SSSR count). The van der Waals surface area contributed by atoms with E-state index in [0.29, 0.717) is 6.61 Å². The Labute approximate surface area is 126 Å². The highest BCUT2D eigenvalue weighted by Crippen LogP contribution is 2.33. The van der Waals surface area contributed by atoms with Gasteiger partial charge in [0.05, 0.1) is 12.2 Å². The number of hydrogen-bond donors (Lipinski definition) is 1. The summed E-state index contributed by atoms with van der Waals surface area (Å²) >= 11 is 6.23. The van der Waals surface area contributed by atoms with Crippen LogP contribution in [0, 0.1) is 0 Å². The van der Waals surface area contributed by atoms with Gasteiger partial charge < -0.3 is 10.1 Å². The highest BCUT2D eigenvalue weighted by atomic mass is 35.5. The van der Waals surface area contributed by atoms with Crippen molar-refractivity contribution in [3.63, 3.8) is 0 Å². The maximum Gasteiger partial charge on any atom is 0.0810 e. The number of benzene rings is 1. The molecule has 0 atom stereocenters. The van der Waals surface area contributed by atoms with E-state index in [4.69, 9.17) is 16.3 Å². The second-order valence-corrected chi connectivity index (χ2v) is 6.69. The maximum absolute atomic E-state index is 6.37. The van der Waals surface area contributed by atoms with Crippen molar-refractivity contribution in [3.8, 4) is 0 Å². The van der Waals surface area contributed by atoms with Gasteiger partial charge in [-0.25, -0.2) is 0 Å². The number of nitrogens with one attached hydrogen (secondary N) is 1. The third-order valence-corrected chi connectivity index (χ3v) is 4.92. The van der Waals surface area contributed by atoms with Crippen LogP contribution in [-0.2, 0) is 11.3 Å². The Kier molecular flexibility index (Phi) is 4.65. The summed E-state index contributed by atoms with van der Waals surface area (Å²) in [4.78, 5) is 0. The van der Waals surface area contributed by atoms with Gasteiger partial charge in [-0.05, 0) is 37.3 Å². The zero-order valence-corrected chi connectivity index (χ0v) is 12.8. The van der Waals surface area contributed by atoms with Crippen LogP contribution >= 0.6 is 11.6 Å². The lowest BCUT2D eigenvalue weighted by molar-refractivity contribution is -0.0787. The summed E-state index contributed by atoms with van der Waals surface area (Å²) < 4.78 is 6.37. The smallest absolute Gasteiger partial charge is 0.0810 e. The summed E-state index contributed by atoms with van der Waals surface area (Å²) in [5.41, 5.74) is 1.13. The highest BCUT2D eigenvalue weighted by Gasteiger charge is 2.35. The summed E-state index contributed by atoms with van der Waals surface area (Å²) in [6.45, 7) is 1.63. The molecule has 0 heterocycles. The number of hydrogen-bond acceptors (Lipinski definition) is 2. The minimum absolute atomic E-state index is 0.0278. The van der Waals surface area contributed by atoms with Gasteiger partial charge >= 0.3 is 0 Å². The first kappa shape index (κ1) is 14.4. The Morgan fingerprint density at radius 1 is 1.15 bits per heavy atom. The summed E-state index contributed by atoms with van der Waals surface area (Å²) in [6, 6.07) is 8.75. The topological polar surface area (TPSA) is 21.3 Å². The molecule has 0 radical (unpaired) electrons.